The summed E-state index contributed by atoms with van der Waals surface area (Å²) in [4.78, 5) is 37.9. The van der Waals surface area contributed by atoms with Crippen LogP contribution in [-0.2, 0) is 28.6 Å². The van der Waals surface area contributed by atoms with Crippen molar-refractivity contribution in [2.75, 3.05) is 13.2 Å². The van der Waals surface area contributed by atoms with E-state index in [4.69, 9.17) is 14.2 Å². The van der Waals surface area contributed by atoms with Crippen LogP contribution in [0, 0.1) is 0 Å². The van der Waals surface area contributed by atoms with Gasteiger partial charge in [-0.15, -0.1) is 0 Å². The van der Waals surface area contributed by atoms with Crippen LogP contribution in [0.3, 0.4) is 0 Å². The van der Waals surface area contributed by atoms with Crippen LogP contribution in [0.15, 0.2) is 72.9 Å². The van der Waals surface area contributed by atoms with Gasteiger partial charge in [-0.05, 0) is 89.9 Å². The van der Waals surface area contributed by atoms with Gasteiger partial charge in [-0.1, -0.05) is 216 Å². The zero-order valence-electron chi connectivity index (χ0n) is 41.3. The predicted octanol–water partition coefficient (Wildman–Crippen LogP) is 17.4. The third kappa shape index (κ3) is 49.7. The summed E-state index contributed by atoms with van der Waals surface area (Å²) in [7, 11) is 0. The maximum Gasteiger partial charge on any atom is 0.306 e. The first-order valence-electron chi connectivity index (χ1n) is 26.4. The minimum absolute atomic E-state index is 0.0809. The molecule has 0 aliphatic heterocycles. The Kier molecular flexibility index (Phi) is 48.9. The molecule has 0 radical (unpaired) electrons. The van der Waals surface area contributed by atoms with E-state index < -0.39 is 6.10 Å². The first-order valence-corrected chi connectivity index (χ1v) is 26.4. The van der Waals surface area contributed by atoms with Gasteiger partial charge in [0.05, 0.1) is 0 Å². The lowest BCUT2D eigenvalue weighted by atomic mass is 10.1. The van der Waals surface area contributed by atoms with Crippen LogP contribution in [-0.4, -0.2) is 37.2 Å². The zero-order valence-corrected chi connectivity index (χ0v) is 41.3. The number of unbranched alkanes of at least 4 members (excludes halogenated alkanes) is 24. The van der Waals surface area contributed by atoms with Crippen LogP contribution in [0.25, 0.3) is 0 Å². The number of carbonyl (C=O) groups excluding carboxylic acids is 3. The molecule has 0 amide bonds. The number of ether oxygens (including phenoxy) is 3. The van der Waals surface area contributed by atoms with Gasteiger partial charge in [-0.25, -0.2) is 0 Å². The van der Waals surface area contributed by atoms with Crippen LogP contribution in [0.4, 0.5) is 0 Å². The molecule has 0 aromatic heterocycles. The Balaban J connectivity index is 4.29. The second-order valence-corrected chi connectivity index (χ2v) is 17.4. The molecule has 0 bridgehead atoms. The lowest BCUT2D eigenvalue weighted by molar-refractivity contribution is -0.167. The second kappa shape index (κ2) is 51.5. The molecule has 0 rings (SSSR count). The Labute approximate surface area is 389 Å². The van der Waals surface area contributed by atoms with E-state index >= 15 is 0 Å². The highest BCUT2D eigenvalue weighted by Gasteiger charge is 2.19. The summed E-state index contributed by atoms with van der Waals surface area (Å²) in [5.41, 5.74) is 0. The maximum absolute atomic E-state index is 12.8. The summed E-state index contributed by atoms with van der Waals surface area (Å²) < 4.78 is 16.8. The van der Waals surface area contributed by atoms with Gasteiger partial charge >= 0.3 is 17.9 Å². The fraction of sp³-hybridized carbons (Fsp3) is 0.737. The number of hydrogen-bond donors (Lipinski definition) is 0. The zero-order chi connectivity index (χ0) is 45.8. The van der Waals surface area contributed by atoms with Crippen LogP contribution in [0.5, 0.6) is 0 Å². The smallest absolute Gasteiger partial charge is 0.306 e. The molecule has 362 valence electrons. The average Bonchev–Trinajstić information content (AvgIpc) is 3.28. The number of allylic oxidation sites excluding steroid dienone is 12. The Morgan fingerprint density at radius 1 is 0.333 bits per heavy atom. The number of hydrogen-bond acceptors (Lipinski definition) is 6. The van der Waals surface area contributed by atoms with E-state index in [1.807, 2.05) is 0 Å². The summed E-state index contributed by atoms with van der Waals surface area (Å²) in [5, 5.41) is 0. The van der Waals surface area contributed by atoms with Crippen molar-refractivity contribution in [3.05, 3.63) is 72.9 Å². The third-order valence-electron chi connectivity index (χ3n) is 11.2. The van der Waals surface area contributed by atoms with Gasteiger partial charge in [0.25, 0.3) is 0 Å². The summed E-state index contributed by atoms with van der Waals surface area (Å²) in [6.45, 7) is 6.47. The van der Waals surface area contributed by atoms with Crippen molar-refractivity contribution in [1.29, 1.82) is 0 Å². The lowest BCUT2D eigenvalue weighted by Crippen LogP contribution is -2.30. The van der Waals surface area contributed by atoms with Crippen molar-refractivity contribution in [2.45, 2.75) is 258 Å². The first kappa shape index (κ1) is 59.9. The van der Waals surface area contributed by atoms with Crippen LogP contribution < -0.4 is 0 Å². The highest BCUT2D eigenvalue weighted by Crippen LogP contribution is 2.14. The Morgan fingerprint density at radius 3 is 1.00 bits per heavy atom. The second-order valence-electron chi connectivity index (χ2n) is 17.4. The Morgan fingerprint density at radius 2 is 0.619 bits per heavy atom. The fourth-order valence-electron chi connectivity index (χ4n) is 7.23. The molecule has 1 atom stereocenters. The standard InChI is InChI=1S/C57H98O6/c1-4-7-10-13-16-19-21-23-24-25-26-27-28-29-30-31-32-34-35-38-41-44-47-50-56(59)62-53-54(52-61-55(58)49-46-43-40-37-18-15-12-9-6-3)63-57(60)51-48-45-42-39-36-33-22-20-17-14-11-8-5-2/h7,10,16,19-20,22-24,26-27,29-30,54H,4-6,8-9,11-15,17-18,21,25,28,31-53H2,1-3H3/b10-7-,19-16-,22-20-,24-23-,27-26-,30-29-. The molecule has 0 N–H and O–H groups in total. The van der Waals surface area contributed by atoms with Crippen LogP contribution in [0.2, 0.25) is 0 Å². The van der Waals surface area contributed by atoms with Crippen molar-refractivity contribution in [1.82, 2.24) is 0 Å². The quantitative estimate of drug-likeness (QED) is 0.0262. The van der Waals surface area contributed by atoms with Crippen molar-refractivity contribution in [2.24, 2.45) is 0 Å². The van der Waals surface area contributed by atoms with Crippen molar-refractivity contribution in [3.63, 3.8) is 0 Å². The van der Waals surface area contributed by atoms with Gasteiger partial charge in [0.15, 0.2) is 6.10 Å². The largest absolute Gasteiger partial charge is 0.462 e. The minimum atomic E-state index is -0.781. The summed E-state index contributed by atoms with van der Waals surface area (Å²) in [6, 6.07) is 0. The highest BCUT2D eigenvalue weighted by molar-refractivity contribution is 5.71. The molecule has 0 aromatic rings. The maximum atomic E-state index is 12.8. The molecular formula is C57H98O6. The first-order chi connectivity index (χ1) is 31.0. The Hall–Kier alpha value is -3.15. The van der Waals surface area contributed by atoms with E-state index in [0.29, 0.717) is 19.3 Å². The lowest BCUT2D eigenvalue weighted by Gasteiger charge is -2.18. The van der Waals surface area contributed by atoms with Gasteiger partial charge < -0.3 is 14.2 Å². The van der Waals surface area contributed by atoms with Crippen molar-refractivity contribution in [3.8, 4) is 0 Å². The molecule has 6 nitrogen and oxygen atoms in total. The number of carbonyl (C=O) groups is 3. The van der Waals surface area contributed by atoms with E-state index in [9.17, 15) is 14.4 Å². The predicted molar refractivity (Wildman–Crippen MR) is 270 cm³/mol. The summed E-state index contributed by atoms with van der Waals surface area (Å²) in [6.07, 6.45) is 64.6. The molecule has 0 saturated heterocycles. The topological polar surface area (TPSA) is 78.9 Å². The average molecular weight is 879 g/mol. The van der Waals surface area contributed by atoms with E-state index in [1.165, 1.54) is 103 Å². The molecule has 0 saturated carbocycles. The van der Waals surface area contributed by atoms with Crippen LogP contribution >= 0.6 is 0 Å². The third-order valence-corrected chi connectivity index (χ3v) is 11.2. The molecule has 0 aliphatic carbocycles. The molecule has 0 spiro atoms. The molecule has 0 heterocycles. The van der Waals surface area contributed by atoms with Gasteiger partial charge in [-0.2, -0.15) is 0 Å². The summed E-state index contributed by atoms with van der Waals surface area (Å²) in [5.74, 6) is -0.902. The molecule has 0 fully saturated rings. The van der Waals surface area contributed by atoms with Crippen molar-refractivity contribution < 1.29 is 28.6 Å². The molecule has 0 aromatic carbocycles. The molecule has 0 aliphatic rings. The normalized spacial score (nSPS) is 12.6. The number of rotatable bonds is 47. The molecule has 6 heteroatoms. The van der Waals surface area contributed by atoms with Gasteiger partial charge in [-0.3, -0.25) is 14.4 Å². The Bertz CT molecular complexity index is 1190. The van der Waals surface area contributed by atoms with Gasteiger partial charge in [0.1, 0.15) is 13.2 Å². The molecule has 1 unspecified atom stereocenters. The van der Waals surface area contributed by atoms with Crippen molar-refractivity contribution >= 4 is 17.9 Å². The highest BCUT2D eigenvalue weighted by atomic mass is 16.6. The van der Waals surface area contributed by atoms with E-state index in [0.717, 1.165) is 109 Å². The fourth-order valence-corrected chi connectivity index (χ4v) is 7.23. The van der Waals surface area contributed by atoms with Gasteiger partial charge in [0.2, 0.25) is 0 Å². The molecular weight excluding hydrogens is 781 g/mol. The monoisotopic (exact) mass is 879 g/mol. The van der Waals surface area contributed by atoms with Crippen LogP contribution in [0.1, 0.15) is 252 Å². The van der Waals surface area contributed by atoms with E-state index in [1.54, 1.807) is 0 Å². The van der Waals surface area contributed by atoms with E-state index in [-0.39, 0.29) is 31.1 Å². The van der Waals surface area contributed by atoms with Gasteiger partial charge in [0, 0.05) is 19.3 Å². The minimum Gasteiger partial charge on any atom is -0.462 e. The number of esters is 3. The molecule has 63 heavy (non-hydrogen) atoms. The summed E-state index contributed by atoms with van der Waals surface area (Å²) >= 11 is 0. The SMILES string of the molecule is CC/C=C\C/C=C\C/C=C\C/C=C\C/C=C\CCCCCCCCCC(=O)OCC(COC(=O)CCCCCCCCCCC)OC(=O)CCCCCCC/C=C\CCCCCC. The van der Waals surface area contributed by atoms with E-state index in [2.05, 4.69) is 93.7 Å².